The van der Waals surface area contributed by atoms with E-state index in [0.717, 1.165) is 50.6 Å². The number of nitriles is 1. The fourth-order valence-corrected chi connectivity index (χ4v) is 8.15. The summed E-state index contributed by atoms with van der Waals surface area (Å²) in [6.45, 7) is 5.29. The normalized spacial score (nSPS) is 16.3. The molecule has 2 rings (SSSR count). The Bertz CT molecular complexity index is 1200. The zero-order valence-corrected chi connectivity index (χ0v) is 24.3. The third kappa shape index (κ3) is 8.94. The van der Waals surface area contributed by atoms with Gasteiger partial charge >= 0.3 is 28.2 Å². The van der Waals surface area contributed by atoms with Crippen LogP contribution in [0.2, 0.25) is 5.02 Å². The number of guanidine groups is 1. The summed E-state index contributed by atoms with van der Waals surface area (Å²) < 4.78 is 84.3. The van der Waals surface area contributed by atoms with Crippen LogP contribution in [0.5, 0.6) is 0 Å². The maximum atomic E-state index is 13.0. The van der Waals surface area contributed by atoms with E-state index >= 15 is 0 Å². The van der Waals surface area contributed by atoms with Crippen molar-refractivity contribution in [1.29, 1.82) is 5.26 Å². The highest BCUT2D eigenvalue weighted by molar-refractivity contribution is 8.56. The molecule has 214 valence electrons. The summed E-state index contributed by atoms with van der Waals surface area (Å²) in [7, 11) is -4.64. The van der Waals surface area contributed by atoms with E-state index in [4.69, 9.17) is 21.4 Å². The van der Waals surface area contributed by atoms with E-state index in [0.29, 0.717) is 19.1 Å². The van der Waals surface area contributed by atoms with Gasteiger partial charge in [0.2, 0.25) is 12.2 Å². The lowest BCUT2D eigenvalue weighted by molar-refractivity contribution is -0.0429. The molecule has 1 saturated heterocycles. The smallest absolute Gasteiger partial charge is 0.465 e. The summed E-state index contributed by atoms with van der Waals surface area (Å²) in [5.74, 6) is 0.215. The molecule has 1 aliphatic heterocycles. The molecule has 1 N–H and O–H groups in total. The van der Waals surface area contributed by atoms with Crippen LogP contribution in [0.1, 0.15) is 37.6 Å². The van der Waals surface area contributed by atoms with Gasteiger partial charge in [0.25, 0.3) is 0 Å². The molecule has 1 aromatic carbocycles. The third-order valence-electron chi connectivity index (χ3n) is 4.61. The number of alkyl halides is 3. The van der Waals surface area contributed by atoms with Gasteiger partial charge in [-0.2, -0.15) is 26.9 Å². The minimum atomic E-state index is -5.63. The van der Waals surface area contributed by atoms with Gasteiger partial charge in [-0.3, -0.25) is 14.0 Å². The highest BCUT2D eigenvalue weighted by Gasteiger charge is 2.46. The van der Waals surface area contributed by atoms with Crippen LogP contribution < -0.4 is 4.72 Å². The third-order valence-corrected chi connectivity index (χ3v) is 10.8. The Morgan fingerprint density at radius 3 is 2.47 bits per heavy atom. The summed E-state index contributed by atoms with van der Waals surface area (Å²) >= 11 is 6.90. The Kier molecular flexibility index (Phi) is 13.2. The molecule has 1 fully saturated rings. The van der Waals surface area contributed by atoms with Gasteiger partial charge in [0.05, 0.1) is 25.0 Å². The first kappa shape index (κ1) is 33.8. The molecule has 1 aliphatic rings. The number of sulfonamides is 1. The van der Waals surface area contributed by atoms with E-state index in [9.17, 15) is 30.9 Å². The molecule has 0 spiro atoms. The Labute approximate surface area is 228 Å². The maximum absolute atomic E-state index is 13.0. The topological polar surface area (TPSA) is 141 Å². The molecule has 1 heterocycles. The molecule has 0 amide bonds. The number of benzene rings is 1. The molecule has 1 unspecified atom stereocenters. The Morgan fingerprint density at radius 1 is 1.32 bits per heavy atom. The lowest BCUT2D eigenvalue weighted by Gasteiger charge is -2.28. The summed E-state index contributed by atoms with van der Waals surface area (Å²) in [6, 6.07) is 3.04. The number of methoxy groups -OCH3 is 1. The van der Waals surface area contributed by atoms with Gasteiger partial charge in [0.1, 0.15) is 0 Å². The molecule has 0 aliphatic carbocycles. The van der Waals surface area contributed by atoms with Crippen LogP contribution in [0.25, 0.3) is 0 Å². The van der Waals surface area contributed by atoms with Gasteiger partial charge in [-0.25, -0.2) is 4.79 Å². The second kappa shape index (κ2) is 14.8. The molecule has 0 saturated carbocycles. The van der Waals surface area contributed by atoms with Gasteiger partial charge in [0.15, 0.2) is 0 Å². The zero-order valence-electron chi connectivity index (χ0n) is 21.0. The number of halogens is 4. The minimum absolute atomic E-state index is 0.0374. The zero-order chi connectivity index (χ0) is 29.1. The summed E-state index contributed by atoms with van der Waals surface area (Å²) in [4.78, 5) is 17.1. The molecule has 38 heavy (non-hydrogen) atoms. The van der Waals surface area contributed by atoms with Crippen molar-refractivity contribution in [2.75, 3.05) is 43.8 Å². The predicted molar refractivity (Wildman–Crippen MR) is 140 cm³/mol. The SMILES string of the molecule is CCCSP(=O)(OCC)N1CCN(CC)/C1=N\C#N.COC(=O)c1cc(Cl)ccc1NS(=O)(=O)C(F)(F)F. The van der Waals surface area contributed by atoms with Gasteiger partial charge in [-0.15, -0.1) is 4.99 Å². The minimum Gasteiger partial charge on any atom is -0.465 e. The van der Waals surface area contributed by atoms with E-state index in [1.165, 1.54) is 16.1 Å². The Balaban J connectivity index is 0.000000380. The number of likely N-dealkylation sites (N-methyl/N-ethyl adjacent to an activating group) is 1. The number of aliphatic imine (C=N–C) groups is 1. The van der Waals surface area contributed by atoms with Crippen LogP contribution in [-0.4, -0.2) is 74.5 Å². The first-order chi connectivity index (χ1) is 17.7. The fraction of sp³-hybridized carbons (Fsp3) is 0.550. The number of anilines is 1. The van der Waals surface area contributed by atoms with Gasteiger partial charge in [0, 0.05) is 30.4 Å². The van der Waals surface area contributed by atoms with Gasteiger partial charge < -0.3 is 14.2 Å². The standard InChI is InChI=1S/C11H21N4O2PS.C9H7ClF3NO4S/c1-4-9-19-18(16,17-6-3)15-8-7-14(5-2)11(15)13-10-12;1-18-8(15)6-4-5(10)2-3-7(6)14-19(16,17)9(11,12)13/h4-9H2,1-3H3;2-4,14H,1H3/b13-11+;. The first-order valence-electron chi connectivity index (χ1n) is 11.1. The number of hydrogen-bond donors (Lipinski definition) is 1. The van der Waals surface area contributed by atoms with Crippen molar-refractivity contribution < 1.29 is 40.2 Å². The first-order valence-corrected chi connectivity index (χ1v) is 16.1. The molecule has 1 atom stereocenters. The number of esters is 1. The average Bonchev–Trinajstić information content (AvgIpc) is 3.27. The fourth-order valence-electron chi connectivity index (χ4n) is 2.92. The van der Waals surface area contributed by atoms with Gasteiger partial charge in [-0.1, -0.05) is 18.5 Å². The van der Waals surface area contributed by atoms with Crippen LogP contribution in [0.4, 0.5) is 18.9 Å². The maximum Gasteiger partial charge on any atom is 0.516 e. The quantitative estimate of drug-likeness (QED) is 0.212. The van der Waals surface area contributed by atoms with Crippen LogP contribution in [-0.2, 0) is 23.8 Å². The molecule has 1 aromatic rings. The molecule has 0 radical (unpaired) electrons. The second-order valence-electron chi connectivity index (χ2n) is 7.17. The van der Waals surface area contributed by atoms with Crippen LogP contribution in [0.3, 0.4) is 0 Å². The number of rotatable bonds is 10. The van der Waals surface area contributed by atoms with Crippen molar-refractivity contribution in [1.82, 2.24) is 9.57 Å². The van der Waals surface area contributed by atoms with Gasteiger partial charge in [-0.05, 0) is 49.8 Å². The van der Waals surface area contributed by atoms with Crippen molar-refractivity contribution >= 4 is 57.3 Å². The number of carbonyl (C=O) groups is 1. The van der Waals surface area contributed by atoms with Crippen molar-refractivity contribution in [3.8, 4) is 6.19 Å². The van der Waals surface area contributed by atoms with E-state index in [-0.39, 0.29) is 5.02 Å². The number of ether oxygens (including phenoxy) is 1. The van der Waals surface area contributed by atoms with Crippen LogP contribution >= 0.6 is 29.7 Å². The molecule has 0 bridgehead atoms. The lowest BCUT2D eigenvalue weighted by Crippen LogP contribution is -2.31. The molecule has 11 nitrogen and oxygen atoms in total. The van der Waals surface area contributed by atoms with Crippen molar-refractivity contribution in [3.63, 3.8) is 0 Å². The molecule has 18 heteroatoms. The van der Waals surface area contributed by atoms with Crippen molar-refractivity contribution in [3.05, 3.63) is 28.8 Å². The number of carbonyl (C=O) groups excluding carboxylic acids is 1. The molecule has 0 aromatic heterocycles. The number of nitrogens with one attached hydrogen (secondary N) is 1. The number of nitrogens with zero attached hydrogens (tertiary/aromatic N) is 4. The monoisotopic (exact) mass is 621 g/mol. The molecular formula is C20H28ClF3N5O6PS2. The van der Waals surface area contributed by atoms with E-state index < -0.39 is 39.5 Å². The average molecular weight is 622 g/mol. The van der Waals surface area contributed by atoms with Crippen molar-refractivity contribution in [2.45, 2.75) is 32.7 Å². The molecular weight excluding hydrogens is 594 g/mol. The van der Waals surface area contributed by atoms with Crippen LogP contribution in [0, 0.1) is 11.5 Å². The van der Waals surface area contributed by atoms with E-state index in [1.54, 1.807) is 10.9 Å². The number of hydrogen-bond acceptors (Lipinski definition) is 9. The summed E-state index contributed by atoms with van der Waals surface area (Å²) in [5, 5.41) is 8.84. The van der Waals surface area contributed by atoms with Crippen LogP contribution in [0.15, 0.2) is 23.2 Å². The predicted octanol–water partition coefficient (Wildman–Crippen LogP) is 5.14. The highest BCUT2D eigenvalue weighted by atomic mass is 35.5. The van der Waals surface area contributed by atoms with E-state index in [2.05, 4.69) is 9.73 Å². The lowest BCUT2D eigenvalue weighted by atomic mass is 10.2. The summed E-state index contributed by atoms with van der Waals surface area (Å²) in [5.41, 5.74) is -6.50. The highest BCUT2D eigenvalue weighted by Crippen LogP contribution is 2.63. The Hall–Kier alpha value is -2.18. The van der Waals surface area contributed by atoms with Crippen molar-refractivity contribution in [2.24, 2.45) is 4.99 Å². The largest absolute Gasteiger partial charge is 0.516 e. The second-order valence-corrected chi connectivity index (χ2v) is 13.8. The Morgan fingerprint density at radius 2 is 1.97 bits per heavy atom. The van der Waals surface area contributed by atoms with E-state index in [1.807, 2.05) is 25.7 Å². The summed E-state index contributed by atoms with van der Waals surface area (Å²) in [6.07, 6.45) is 2.72.